The number of amides is 2. The molecule has 0 atom stereocenters. The van der Waals surface area contributed by atoms with Crippen LogP contribution >= 0.6 is 0 Å². The van der Waals surface area contributed by atoms with Gasteiger partial charge in [0, 0.05) is 11.4 Å². The predicted molar refractivity (Wildman–Crippen MR) is 116 cm³/mol. The third kappa shape index (κ3) is 5.52. The van der Waals surface area contributed by atoms with Gasteiger partial charge in [-0.15, -0.1) is 0 Å². The fourth-order valence-electron chi connectivity index (χ4n) is 2.77. The zero-order valence-electron chi connectivity index (χ0n) is 16.1. The molecule has 4 N–H and O–H groups in total. The van der Waals surface area contributed by atoms with Crippen molar-refractivity contribution in [3.05, 3.63) is 95.6 Å². The van der Waals surface area contributed by atoms with E-state index in [2.05, 4.69) is 15.8 Å². The smallest absolute Gasteiger partial charge is 0.273 e. The van der Waals surface area contributed by atoms with Gasteiger partial charge in [0.05, 0.1) is 17.7 Å². The molecule has 0 saturated carbocycles. The summed E-state index contributed by atoms with van der Waals surface area (Å²) in [5.41, 5.74) is 12.1. The lowest BCUT2D eigenvalue weighted by Crippen LogP contribution is -2.20. The van der Waals surface area contributed by atoms with Gasteiger partial charge in [-0.3, -0.25) is 9.59 Å². The number of hydrazone groups is 1. The van der Waals surface area contributed by atoms with Crippen molar-refractivity contribution in [2.24, 2.45) is 5.10 Å². The molecule has 0 spiro atoms. The van der Waals surface area contributed by atoms with E-state index >= 15 is 0 Å². The van der Waals surface area contributed by atoms with Crippen LogP contribution in [0, 0.1) is 0 Å². The Morgan fingerprint density at radius 2 is 1.66 bits per heavy atom. The molecule has 3 rings (SSSR count). The van der Waals surface area contributed by atoms with Crippen molar-refractivity contribution >= 4 is 28.9 Å². The molecule has 146 valence electrons. The molecule has 0 radical (unpaired) electrons. The molecular weight excluding hydrogens is 364 g/mol. The first-order valence-electron chi connectivity index (χ1n) is 9.16. The third-order valence-electron chi connectivity index (χ3n) is 4.30. The summed E-state index contributed by atoms with van der Waals surface area (Å²) in [4.78, 5) is 24.5. The number of carbonyl (C=O) groups is 2. The van der Waals surface area contributed by atoms with Gasteiger partial charge in [0.15, 0.2) is 0 Å². The second kappa shape index (κ2) is 9.32. The highest BCUT2D eigenvalue weighted by Gasteiger charge is 2.09. The summed E-state index contributed by atoms with van der Waals surface area (Å²) in [5.74, 6) is -0.481. The predicted octanol–water partition coefficient (Wildman–Crippen LogP) is 3.60. The Balaban J connectivity index is 1.65. The fourth-order valence-corrected chi connectivity index (χ4v) is 2.77. The zero-order valence-corrected chi connectivity index (χ0v) is 16.1. The summed E-state index contributed by atoms with van der Waals surface area (Å²) < 4.78 is 0. The topological polar surface area (TPSA) is 96.6 Å². The number of rotatable bonds is 6. The Kier molecular flexibility index (Phi) is 6.37. The summed E-state index contributed by atoms with van der Waals surface area (Å²) >= 11 is 0. The molecule has 0 bridgehead atoms. The molecule has 0 aliphatic carbocycles. The Morgan fingerprint density at radius 3 is 2.41 bits per heavy atom. The average Bonchev–Trinajstić information content (AvgIpc) is 2.73. The summed E-state index contributed by atoms with van der Waals surface area (Å²) in [5, 5.41) is 7.03. The van der Waals surface area contributed by atoms with Gasteiger partial charge < -0.3 is 11.1 Å². The van der Waals surface area contributed by atoms with Crippen LogP contribution in [0.25, 0.3) is 0 Å². The van der Waals surface area contributed by atoms with Gasteiger partial charge in [0.1, 0.15) is 0 Å². The lowest BCUT2D eigenvalue weighted by atomic mass is 10.1. The number of nitrogens with zero attached hydrogens (tertiary/aromatic N) is 1. The maximum atomic E-state index is 12.3. The second-order valence-electron chi connectivity index (χ2n) is 6.52. The van der Waals surface area contributed by atoms with E-state index in [1.54, 1.807) is 31.2 Å². The van der Waals surface area contributed by atoms with Crippen LogP contribution in [-0.4, -0.2) is 17.5 Å². The number of anilines is 2. The first-order valence-corrected chi connectivity index (χ1v) is 9.16. The second-order valence-corrected chi connectivity index (χ2v) is 6.52. The monoisotopic (exact) mass is 386 g/mol. The molecule has 0 aliphatic heterocycles. The molecule has 2 amide bonds. The van der Waals surface area contributed by atoms with Crippen LogP contribution in [0.2, 0.25) is 0 Å². The number of para-hydroxylation sites is 1. The normalized spacial score (nSPS) is 11.0. The highest BCUT2D eigenvalue weighted by atomic mass is 16.2. The molecule has 0 unspecified atom stereocenters. The van der Waals surface area contributed by atoms with E-state index in [-0.39, 0.29) is 11.8 Å². The maximum Gasteiger partial charge on any atom is 0.273 e. The Morgan fingerprint density at radius 1 is 0.931 bits per heavy atom. The minimum Gasteiger partial charge on any atom is -0.398 e. The highest BCUT2D eigenvalue weighted by Crippen LogP contribution is 2.13. The molecule has 0 saturated heterocycles. The number of benzene rings is 3. The molecule has 29 heavy (non-hydrogen) atoms. The first kappa shape index (κ1) is 19.8. The minimum absolute atomic E-state index is 0.101. The number of carbonyl (C=O) groups excluding carboxylic acids is 2. The van der Waals surface area contributed by atoms with E-state index in [0.717, 1.165) is 11.1 Å². The minimum atomic E-state index is -0.380. The van der Waals surface area contributed by atoms with Crippen molar-refractivity contribution in [1.29, 1.82) is 0 Å². The quantitative estimate of drug-likeness (QED) is 0.343. The van der Waals surface area contributed by atoms with Gasteiger partial charge in [-0.05, 0) is 42.3 Å². The Bertz CT molecular complexity index is 1050. The summed E-state index contributed by atoms with van der Waals surface area (Å²) in [6, 6.07) is 23.6. The highest BCUT2D eigenvalue weighted by molar-refractivity contribution is 6.03. The zero-order chi connectivity index (χ0) is 20.6. The summed E-state index contributed by atoms with van der Waals surface area (Å²) in [6.07, 6.45) is 0.298. The van der Waals surface area contributed by atoms with Crippen molar-refractivity contribution in [3.63, 3.8) is 0 Å². The van der Waals surface area contributed by atoms with Crippen LogP contribution in [-0.2, 0) is 11.2 Å². The number of hydrogen-bond donors (Lipinski definition) is 3. The van der Waals surface area contributed by atoms with Gasteiger partial charge in [0.2, 0.25) is 5.91 Å². The Labute approximate surface area is 169 Å². The van der Waals surface area contributed by atoms with Crippen LogP contribution < -0.4 is 16.5 Å². The molecule has 0 heterocycles. The molecule has 0 aliphatic rings. The van der Waals surface area contributed by atoms with E-state index in [1.165, 1.54) is 0 Å². The molecule has 6 nitrogen and oxygen atoms in total. The van der Waals surface area contributed by atoms with Crippen LogP contribution in [0.4, 0.5) is 11.4 Å². The Hall–Kier alpha value is -3.93. The van der Waals surface area contributed by atoms with E-state index in [9.17, 15) is 9.59 Å². The van der Waals surface area contributed by atoms with Crippen LogP contribution in [0.1, 0.15) is 28.4 Å². The van der Waals surface area contributed by atoms with Gasteiger partial charge in [-0.1, -0.05) is 54.6 Å². The van der Waals surface area contributed by atoms with E-state index < -0.39 is 0 Å². The summed E-state index contributed by atoms with van der Waals surface area (Å²) in [7, 11) is 0. The number of nitrogen functional groups attached to an aromatic ring is 1. The van der Waals surface area contributed by atoms with Crippen molar-refractivity contribution in [1.82, 2.24) is 5.43 Å². The number of nitrogens with one attached hydrogen (secondary N) is 2. The van der Waals surface area contributed by atoms with Crippen molar-refractivity contribution in [3.8, 4) is 0 Å². The SMILES string of the molecule is CC(=NNC(=O)c1ccccc1N)c1cccc(NC(=O)Cc2ccccc2)c1. The molecule has 3 aromatic carbocycles. The lowest BCUT2D eigenvalue weighted by molar-refractivity contribution is -0.115. The van der Waals surface area contributed by atoms with Gasteiger partial charge in [-0.25, -0.2) is 5.43 Å². The van der Waals surface area contributed by atoms with Crippen molar-refractivity contribution < 1.29 is 9.59 Å². The molecule has 6 heteroatoms. The number of nitrogens with two attached hydrogens (primary N) is 1. The summed E-state index contributed by atoms with van der Waals surface area (Å²) in [6.45, 7) is 1.78. The van der Waals surface area contributed by atoms with Gasteiger partial charge in [0.25, 0.3) is 5.91 Å². The van der Waals surface area contributed by atoms with Gasteiger partial charge in [-0.2, -0.15) is 5.10 Å². The van der Waals surface area contributed by atoms with E-state index in [1.807, 2.05) is 54.6 Å². The number of hydrogen-bond acceptors (Lipinski definition) is 4. The standard InChI is InChI=1S/C23H22N4O2/c1-16(26-27-23(29)20-12-5-6-13-21(20)24)18-10-7-11-19(15-18)25-22(28)14-17-8-3-2-4-9-17/h2-13,15H,14,24H2,1H3,(H,25,28)(H,27,29). The maximum absolute atomic E-state index is 12.3. The van der Waals surface area contributed by atoms with E-state index in [4.69, 9.17) is 5.73 Å². The first-order chi connectivity index (χ1) is 14.0. The lowest BCUT2D eigenvalue weighted by Gasteiger charge is -2.08. The average molecular weight is 386 g/mol. The molecule has 3 aromatic rings. The van der Waals surface area contributed by atoms with Crippen molar-refractivity contribution in [2.45, 2.75) is 13.3 Å². The molecule has 0 fully saturated rings. The van der Waals surface area contributed by atoms with Crippen LogP contribution in [0.15, 0.2) is 84.0 Å². The fraction of sp³-hybridized carbons (Fsp3) is 0.0870. The van der Waals surface area contributed by atoms with E-state index in [0.29, 0.717) is 29.1 Å². The molecule has 0 aromatic heterocycles. The van der Waals surface area contributed by atoms with Crippen LogP contribution in [0.5, 0.6) is 0 Å². The van der Waals surface area contributed by atoms with Gasteiger partial charge >= 0.3 is 0 Å². The third-order valence-corrected chi connectivity index (χ3v) is 4.30. The molecular formula is C23H22N4O2. The van der Waals surface area contributed by atoms with Crippen LogP contribution in [0.3, 0.4) is 0 Å². The largest absolute Gasteiger partial charge is 0.398 e. The van der Waals surface area contributed by atoms with Crippen molar-refractivity contribution in [2.75, 3.05) is 11.1 Å².